The molecule has 1 fully saturated rings. The van der Waals surface area contributed by atoms with Crippen molar-refractivity contribution in [2.75, 3.05) is 13.1 Å². The Labute approximate surface area is 102 Å². The molecule has 3 nitrogen and oxygen atoms in total. The average Bonchev–Trinajstić information content (AvgIpc) is 2.78. The van der Waals surface area contributed by atoms with Crippen molar-refractivity contribution >= 4 is 5.97 Å². The molecule has 1 aromatic carbocycles. The van der Waals surface area contributed by atoms with Crippen LogP contribution in [-0.4, -0.2) is 24.2 Å². The highest BCUT2D eigenvalue weighted by Crippen LogP contribution is 2.34. The summed E-state index contributed by atoms with van der Waals surface area (Å²) in [6.07, 6.45) is -4.02. The molecule has 1 heterocycles. The van der Waals surface area contributed by atoms with E-state index in [2.05, 4.69) is 5.32 Å². The molecule has 0 saturated carbocycles. The van der Waals surface area contributed by atoms with Crippen LogP contribution in [-0.2, 0) is 16.4 Å². The number of rotatable bonds is 2. The van der Waals surface area contributed by atoms with Crippen molar-refractivity contribution in [3.8, 4) is 0 Å². The Kier molecular flexibility index (Phi) is 3.06. The number of carboxylic acid groups (broad SMARTS) is 1. The third-order valence-electron chi connectivity index (χ3n) is 3.33. The number of benzene rings is 1. The Hall–Kier alpha value is -1.56. The van der Waals surface area contributed by atoms with Crippen LogP contribution in [0, 0.1) is 0 Å². The highest BCUT2D eigenvalue weighted by Gasteiger charge is 2.43. The van der Waals surface area contributed by atoms with E-state index in [9.17, 15) is 23.1 Å². The van der Waals surface area contributed by atoms with Gasteiger partial charge in [-0.25, -0.2) is 0 Å². The van der Waals surface area contributed by atoms with Gasteiger partial charge in [-0.1, -0.05) is 12.1 Å². The summed E-state index contributed by atoms with van der Waals surface area (Å²) in [7, 11) is 0. The van der Waals surface area contributed by atoms with Crippen LogP contribution in [0.5, 0.6) is 0 Å². The number of aliphatic carboxylic acids is 1. The predicted octanol–water partition coefficient (Wildman–Crippen LogP) is 2.02. The molecule has 0 radical (unpaired) electrons. The van der Waals surface area contributed by atoms with Gasteiger partial charge in [-0.15, -0.1) is 0 Å². The van der Waals surface area contributed by atoms with E-state index >= 15 is 0 Å². The van der Waals surface area contributed by atoms with E-state index < -0.39 is 23.1 Å². The lowest BCUT2D eigenvalue weighted by Gasteiger charge is -2.23. The number of carbonyl (C=O) groups is 1. The predicted molar refractivity (Wildman–Crippen MR) is 58.2 cm³/mol. The third kappa shape index (κ3) is 2.08. The van der Waals surface area contributed by atoms with Crippen LogP contribution in [0.4, 0.5) is 13.2 Å². The van der Waals surface area contributed by atoms with Gasteiger partial charge in [0.05, 0.1) is 5.56 Å². The van der Waals surface area contributed by atoms with E-state index in [1.165, 1.54) is 12.1 Å². The lowest BCUT2D eigenvalue weighted by molar-refractivity contribution is -0.143. The van der Waals surface area contributed by atoms with Gasteiger partial charge in [-0.2, -0.15) is 13.2 Å². The summed E-state index contributed by atoms with van der Waals surface area (Å²) >= 11 is 0. The van der Waals surface area contributed by atoms with E-state index in [4.69, 9.17) is 0 Å². The number of hydrogen-bond donors (Lipinski definition) is 2. The van der Waals surface area contributed by atoms with Crippen molar-refractivity contribution in [3.05, 3.63) is 35.4 Å². The summed E-state index contributed by atoms with van der Waals surface area (Å²) in [5, 5.41) is 12.2. The Morgan fingerprint density at radius 2 is 1.89 bits per heavy atom. The molecule has 6 heteroatoms. The first-order chi connectivity index (χ1) is 8.36. The maximum Gasteiger partial charge on any atom is 0.416 e. The molecule has 0 aliphatic carbocycles. The van der Waals surface area contributed by atoms with Gasteiger partial charge in [0.1, 0.15) is 5.41 Å². The molecular weight excluding hydrogens is 247 g/mol. The number of alkyl halides is 3. The molecule has 2 N–H and O–H groups in total. The monoisotopic (exact) mass is 259 g/mol. The second-order valence-corrected chi connectivity index (χ2v) is 4.39. The van der Waals surface area contributed by atoms with Gasteiger partial charge in [0.25, 0.3) is 0 Å². The van der Waals surface area contributed by atoms with Gasteiger partial charge < -0.3 is 10.4 Å². The number of carboxylic acids is 1. The Balaban J connectivity index is 2.36. The molecule has 0 amide bonds. The SMILES string of the molecule is O=C(O)C1(c2ccc(C(F)(F)F)cc2)CCNC1. The first-order valence-corrected chi connectivity index (χ1v) is 5.48. The maximum atomic E-state index is 12.4. The molecule has 0 bridgehead atoms. The highest BCUT2D eigenvalue weighted by molar-refractivity contribution is 5.82. The molecule has 0 aromatic heterocycles. The molecule has 1 saturated heterocycles. The topological polar surface area (TPSA) is 49.3 Å². The van der Waals surface area contributed by atoms with Crippen molar-refractivity contribution in [2.24, 2.45) is 0 Å². The first-order valence-electron chi connectivity index (χ1n) is 5.48. The lowest BCUT2D eigenvalue weighted by atomic mass is 9.79. The van der Waals surface area contributed by atoms with Crippen LogP contribution in [0.15, 0.2) is 24.3 Å². The smallest absolute Gasteiger partial charge is 0.416 e. The normalized spacial score (nSPS) is 24.2. The highest BCUT2D eigenvalue weighted by atomic mass is 19.4. The fourth-order valence-corrected chi connectivity index (χ4v) is 2.22. The number of halogens is 3. The summed E-state index contributed by atoms with van der Waals surface area (Å²) in [6.45, 7) is 0.793. The van der Waals surface area contributed by atoms with Crippen molar-refractivity contribution in [2.45, 2.75) is 18.0 Å². The van der Waals surface area contributed by atoms with E-state index in [1.54, 1.807) is 0 Å². The Morgan fingerprint density at radius 1 is 1.28 bits per heavy atom. The first kappa shape index (κ1) is 12.9. The van der Waals surface area contributed by atoms with E-state index in [0.29, 0.717) is 18.5 Å². The molecule has 2 rings (SSSR count). The Morgan fingerprint density at radius 3 is 2.28 bits per heavy atom. The molecule has 0 spiro atoms. The maximum absolute atomic E-state index is 12.4. The summed E-state index contributed by atoms with van der Waals surface area (Å²) in [5.41, 5.74) is -1.46. The molecule has 1 aliphatic heterocycles. The van der Waals surface area contributed by atoms with Gasteiger partial charge in [0, 0.05) is 6.54 Å². The van der Waals surface area contributed by atoms with Gasteiger partial charge in [0.2, 0.25) is 0 Å². The number of nitrogens with one attached hydrogen (secondary N) is 1. The molecule has 1 atom stereocenters. The zero-order valence-electron chi connectivity index (χ0n) is 9.42. The van der Waals surface area contributed by atoms with Crippen molar-refractivity contribution in [3.63, 3.8) is 0 Å². The average molecular weight is 259 g/mol. The standard InChI is InChI=1S/C12H12F3NO2/c13-12(14,15)9-3-1-8(2-4-9)11(10(17)18)5-6-16-7-11/h1-4,16H,5-7H2,(H,17,18). The fraction of sp³-hybridized carbons (Fsp3) is 0.417. The molecule has 1 aliphatic rings. The molecule has 18 heavy (non-hydrogen) atoms. The van der Waals surface area contributed by atoms with Gasteiger partial charge in [-0.3, -0.25) is 4.79 Å². The fourth-order valence-electron chi connectivity index (χ4n) is 2.22. The van der Waals surface area contributed by atoms with Crippen LogP contribution in [0.25, 0.3) is 0 Å². The zero-order chi connectivity index (χ0) is 13.4. The van der Waals surface area contributed by atoms with E-state index in [0.717, 1.165) is 12.1 Å². The molecular formula is C12H12F3NO2. The molecule has 1 unspecified atom stereocenters. The summed E-state index contributed by atoms with van der Waals surface area (Å²) in [6, 6.07) is 4.37. The zero-order valence-corrected chi connectivity index (χ0v) is 9.42. The van der Waals surface area contributed by atoms with E-state index in [1.807, 2.05) is 0 Å². The minimum absolute atomic E-state index is 0.244. The van der Waals surface area contributed by atoms with Gasteiger partial charge in [0.15, 0.2) is 0 Å². The van der Waals surface area contributed by atoms with Crippen molar-refractivity contribution < 1.29 is 23.1 Å². The summed E-state index contributed by atoms with van der Waals surface area (Å²) in [4.78, 5) is 11.3. The van der Waals surface area contributed by atoms with Crippen LogP contribution < -0.4 is 5.32 Å². The van der Waals surface area contributed by atoms with Crippen LogP contribution in [0.2, 0.25) is 0 Å². The Bertz CT molecular complexity index is 447. The van der Waals surface area contributed by atoms with Crippen molar-refractivity contribution in [1.82, 2.24) is 5.32 Å². The minimum Gasteiger partial charge on any atom is -0.481 e. The van der Waals surface area contributed by atoms with Crippen LogP contribution in [0.1, 0.15) is 17.5 Å². The second-order valence-electron chi connectivity index (χ2n) is 4.39. The quantitative estimate of drug-likeness (QED) is 0.854. The van der Waals surface area contributed by atoms with E-state index in [-0.39, 0.29) is 6.54 Å². The third-order valence-corrected chi connectivity index (χ3v) is 3.33. The summed E-state index contributed by atoms with van der Waals surface area (Å²) in [5.74, 6) is -1.01. The van der Waals surface area contributed by atoms with Crippen LogP contribution in [0.3, 0.4) is 0 Å². The largest absolute Gasteiger partial charge is 0.481 e. The molecule has 98 valence electrons. The van der Waals surface area contributed by atoms with Gasteiger partial charge in [-0.05, 0) is 30.7 Å². The minimum atomic E-state index is -4.40. The van der Waals surface area contributed by atoms with Gasteiger partial charge >= 0.3 is 12.1 Å². The van der Waals surface area contributed by atoms with Crippen molar-refractivity contribution in [1.29, 1.82) is 0 Å². The lowest BCUT2D eigenvalue weighted by Crippen LogP contribution is -2.37. The second kappa shape index (κ2) is 4.28. The molecule has 1 aromatic rings. The number of hydrogen-bond acceptors (Lipinski definition) is 2. The van der Waals surface area contributed by atoms with Crippen LogP contribution >= 0.6 is 0 Å². The summed E-state index contributed by atoms with van der Waals surface area (Å²) < 4.78 is 37.3.